The van der Waals surface area contributed by atoms with Gasteiger partial charge in [0.05, 0.1) is 7.11 Å². The number of hydrogen-bond acceptors (Lipinski definition) is 4. The zero-order chi connectivity index (χ0) is 19.8. The first-order chi connectivity index (χ1) is 13.7. The number of piperazine rings is 1. The third-order valence-electron chi connectivity index (χ3n) is 4.88. The van der Waals surface area contributed by atoms with Gasteiger partial charge in [-0.05, 0) is 36.8 Å². The molecule has 0 N–H and O–H groups in total. The molecule has 0 saturated carbocycles. The van der Waals surface area contributed by atoms with Crippen LogP contribution in [0.3, 0.4) is 0 Å². The van der Waals surface area contributed by atoms with Crippen molar-refractivity contribution in [1.82, 2.24) is 9.80 Å². The Morgan fingerprint density at radius 2 is 1.64 bits per heavy atom. The van der Waals surface area contributed by atoms with Crippen molar-refractivity contribution < 1.29 is 14.3 Å². The minimum atomic E-state index is -0.502. The van der Waals surface area contributed by atoms with Crippen LogP contribution in [0.4, 0.5) is 0 Å². The molecule has 0 unspecified atom stereocenters. The number of nitrogens with zero attached hydrogens (tertiary/aromatic N) is 2. The highest BCUT2D eigenvalue weighted by Crippen LogP contribution is 2.19. The van der Waals surface area contributed by atoms with E-state index in [1.54, 1.807) is 7.11 Å². The Hall–Kier alpha value is -2.79. The lowest BCUT2D eigenvalue weighted by Crippen LogP contribution is -2.51. The predicted octanol–water partition coefficient (Wildman–Crippen LogP) is 3.32. The second-order valence-corrected chi connectivity index (χ2v) is 6.87. The molecule has 28 heavy (non-hydrogen) atoms. The van der Waals surface area contributed by atoms with Crippen molar-refractivity contribution >= 4 is 12.0 Å². The third-order valence-corrected chi connectivity index (χ3v) is 4.88. The van der Waals surface area contributed by atoms with E-state index in [0.29, 0.717) is 5.75 Å². The summed E-state index contributed by atoms with van der Waals surface area (Å²) in [6.45, 7) is 5.92. The molecule has 0 spiro atoms. The van der Waals surface area contributed by atoms with Crippen LogP contribution in [-0.2, 0) is 4.79 Å². The summed E-state index contributed by atoms with van der Waals surface area (Å²) >= 11 is 0. The minimum absolute atomic E-state index is 0.0373. The Morgan fingerprint density at radius 1 is 1.00 bits per heavy atom. The van der Waals surface area contributed by atoms with E-state index in [-0.39, 0.29) is 5.91 Å². The maximum Gasteiger partial charge on any atom is 0.263 e. The van der Waals surface area contributed by atoms with Gasteiger partial charge in [-0.1, -0.05) is 42.5 Å². The molecule has 0 aliphatic carbocycles. The van der Waals surface area contributed by atoms with Crippen LogP contribution in [0.25, 0.3) is 6.08 Å². The van der Waals surface area contributed by atoms with E-state index in [1.807, 2.05) is 54.3 Å². The number of carbonyl (C=O) groups is 1. The molecule has 3 rings (SSSR count). The second-order valence-electron chi connectivity index (χ2n) is 6.87. The number of hydrogen-bond donors (Lipinski definition) is 0. The summed E-state index contributed by atoms with van der Waals surface area (Å²) in [7, 11) is 1.62. The van der Waals surface area contributed by atoms with E-state index in [9.17, 15) is 4.79 Å². The van der Waals surface area contributed by atoms with Crippen molar-refractivity contribution in [3.63, 3.8) is 0 Å². The molecule has 2 aromatic rings. The van der Waals surface area contributed by atoms with Gasteiger partial charge in [0.1, 0.15) is 11.5 Å². The molecule has 5 nitrogen and oxygen atoms in total. The first-order valence-corrected chi connectivity index (χ1v) is 9.69. The predicted molar refractivity (Wildman–Crippen MR) is 112 cm³/mol. The summed E-state index contributed by atoms with van der Waals surface area (Å²) in [5.74, 6) is 1.48. The van der Waals surface area contributed by atoms with Gasteiger partial charge in [0.15, 0.2) is 6.10 Å². The number of rotatable bonds is 7. The van der Waals surface area contributed by atoms with Crippen LogP contribution in [-0.4, -0.2) is 61.6 Å². The Morgan fingerprint density at radius 3 is 2.29 bits per heavy atom. The van der Waals surface area contributed by atoms with Crippen LogP contribution in [0.2, 0.25) is 0 Å². The fourth-order valence-corrected chi connectivity index (χ4v) is 3.22. The molecule has 148 valence electrons. The topological polar surface area (TPSA) is 42.0 Å². The fraction of sp³-hybridized carbons (Fsp3) is 0.348. The van der Waals surface area contributed by atoms with Crippen molar-refractivity contribution in [2.24, 2.45) is 0 Å². The Kier molecular flexibility index (Phi) is 7.09. The lowest BCUT2D eigenvalue weighted by Gasteiger charge is -2.35. The Bertz CT molecular complexity index is 766. The van der Waals surface area contributed by atoms with Gasteiger partial charge in [0.25, 0.3) is 5.91 Å². The first kappa shape index (κ1) is 20.0. The van der Waals surface area contributed by atoms with E-state index in [2.05, 4.69) is 29.2 Å². The normalized spacial score (nSPS) is 16.1. The van der Waals surface area contributed by atoms with Gasteiger partial charge in [0.2, 0.25) is 0 Å². The van der Waals surface area contributed by atoms with Crippen LogP contribution < -0.4 is 9.47 Å². The molecule has 0 radical (unpaired) electrons. The summed E-state index contributed by atoms with van der Waals surface area (Å²) in [6.07, 6.45) is 3.82. The van der Waals surface area contributed by atoms with Gasteiger partial charge >= 0.3 is 0 Å². The largest absolute Gasteiger partial charge is 0.497 e. The van der Waals surface area contributed by atoms with E-state index in [4.69, 9.17) is 9.47 Å². The summed E-state index contributed by atoms with van der Waals surface area (Å²) in [5, 5.41) is 0. The molecular formula is C23H28N2O3. The van der Waals surface area contributed by atoms with Crippen molar-refractivity contribution in [2.75, 3.05) is 39.8 Å². The second kappa shape index (κ2) is 9.95. The highest BCUT2D eigenvalue weighted by Gasteiger charge is 2.25. The van der Waals surface area contributed by atoms with Gasteiger partial charge in [-0.25, -0.2) is 0 Å². The summed E-state index contributed by atoms with van der Waals surface area (Å²) in [4.78, 5) is 16.9. The molecule has 1 saturated heterocycles. The molecule has 0 aromatic heterocycles. The number of methoxy groups -OCH3 is 1. The highest BCUT2D eigenvalue weighted by molar-refractivity contribution is 5.81. The molecule has 1 fully saturated rings. The SMILES string of the molecule is COc1ccc(O[C@H](C)C(=O)N2CCN(C/C=C/c3ccccc3)CC2)cc1. The molecule has 0 bridgehead atoms. The van der Waals surface area contributed by atoms with Crippen molar-refractivity contribution in [3.05, 3.63) is 66.2 Å². The molecule has 2 aromatic carbocycles. The van der Waals surface area contributed by atoms with Crippen molar-refractivity contribution in [1.29, 1.82) is 0 Å². The number of ether oxygens (including phenoxy) is 2. The standard InChI is InChI=1S/C23H28N2O3/c1-19(28-22-12-10-21(27-2)11-13-22)23(26)25-17-15-24(16-18-25)14-6-9-20-7-4-3-5-8-20/h3-13,19H,14-18H2,1-2H3/b9-6+/t19-/m1/s1. The number of carbonyl (C=O) groups excluding carboxylic acids is 1. The minimum Gasteiger partial charge on any atom is -0.497 e. The maximum absolute atomic E-state index is 12.7. The first-order valence-electron chi connectivity index (χ1n) is 9.69. The number of benzene rings is 2. The molecular weight excluding hydrogens is 352 g/mol. The lowest BCUT2D eigenvalue weighted by molar-refractivity contribution is -0.139. The lowest BCUT2D eigenvalue weighted by atomic mass is 10.2. The monoisotopic (exact) mass is 380 g/mol. The molecule has 1 atom stereocenters. The van der Waals surface area contributed by atoms with Crippen LogP contribution in [0, 0.1) is 0 Å². The van der Waals surface area contributed by atoms with Crippen LogP contribution >= 0.6 is 0 Å². The molecule has 5 heteroatoms. The van der Waals surface area contributed by atoms with E-state index >= 15 is 0 Å². The molecule has 1 heterocycles. The summed E-state index contributed by atoms with van der Waals surface area (Å²) in [6, 6.07) is 17.6. The molecule has 1 aliphatic rings. The van der Waals surface area contributed by atoms with Gasteiger partial charge in [-0.2, -0.15) is 0 Å². The maximum atomic E-state index is 12.7. The van der Waals surface area contributed by atoms with Gasteiger partial charge in [-0.3, -0.25) is 9.69 Å². The average molecular weight is 380 g/mol. The molecule has 1 amide bonds. The van der Waals surface area contributed by atoms with Gasteiger partial charge in [0, 0.05) is 32.7 Å². The third kappa shape index (κ3) is 5.60. The summed E-state index contributed by atoms with van der Waals surface area (Å²) in [5.41, 5.74) is 1.21. The van der Waals surface area contributed by atoms with Crippen molar-refractivity contribution in [2.45, 2.75) is 13.0 Å². The van der Waals surface area contributed by atoms with E-state index in [1.165, 1.54) is 5.56 Å². The Balaban J connectivity index is 1.43. The average Bonchev–Trinajstić information content (AvgIpc) is 2.75. The quantitative estimate of drug-likeness (QED) is 0.739. The van der Waals surface area contributed by atoms with Crippen LogP contribution in [0.1, 0.15) is 12.5 Å². The van der Waals surface area contributed by atoms with E-state index < -0.39 is 6.10 Å². The van der Waals surface area contributed by atoms with E-state index in [0.717, 1.165) is 38.5 Å². The fourth-order valence-electron chi connectivity index (χ4n) is 3.22. The molecule has 1 aliphatic heterocycles. The van der Waals surface area contributed by atoms with Crippen LogP contribution in [0.15, 0.2) is 60.7 Å². The Labute approximate surface area is 167 Å². The van der Waals surface area contributed by atoms with Crippen molar-refractivity contribution in [3.8, 4) is 11.5 Å². The smallest absolute Gasteiger partial charge is 0.263 e. The zero-order valence-electron chi connectivity index (χ0n) is 16.6. The van der Waals surface area contributed by atoms with Gasteiger partial charge in [-0.15, -0.1) is 0 Å². The van der Waals surface area contributed by atoms with Crippen LogP contribution in [0.5, 0.6) is 11.5 Å². The van der Waals surface area contributed by atoms with Gasteiger partial charge < -0.3 is 14.4 Å². The highest BCUT2D eigenvalue weighted by atomic mass is 16.5. The summed E-state index contributed by atoms with van der Waals surface area (Å²) < 4.78 is 10.9. The zero-order valence-corrected chi connectivity index (χ0v) is 16.6. The number of amides is 1.